The summed E-state index contributed by atoms with van der Waals surface area (Å²) in [5, 5.41) is 2.79. The minimum Gasteiger partial charge on any atom is -0.493 e. The van der Waals surface area contributed by atoms with Gasteiger partial charge in [-0.3, -0.25) is 9.59 Å². The maximum atomic E-state index is 12.5. The zero-order valence-electron chi connectivity index (χ0n) is 16.1. The average molecular weight is 418 g/mol. The fraction of sp³-hybridized carbons (Fsp3) is 0.333. The first-order chi connectivity index (χ1) is 13.5. The summed E-state index contributed by atoms with van der Waals surface area (Å²) in [6, 6.07) is 12.7. The fourth-order valence-electron chi connectivity index (χ4n) is 2.78. The summed E-state index contributed by atoms with van der Waals surface area (Å²) >= 11 is 3.84. The van der Waals surface area contributed by atoms with Crippen LogP contribution in [0.4, 0.5) is 5.69 Å². The molecule has 0 spiro atoms. The molecular weight excluding hydrogens is 394 g/mol. The van der Waals surface area contributed by atoms with Crippen molar-refractivity contribution in [3.05, 3.63) is 53.6 Å². The first-order valence-electron chi connectivity index (χ1n) is 8.97. The maximum absolute atomic E-state index is 12.5. The molecule has 1 amide bonds. The van der Waals surface area contributed by atoms with Crippen LogP contribution in [-0.2, 0) is 4.79 Å². The molecule has 1 aliphatic rings. The van der Waals surface area contributed by atoms with Gasteiger partial charge in [-0.2, -0.15) is 0 Å². The van der Waals surface area contributed by atoms with E-state index in [2.05, 4.69) is 5.32 Å². The average Bonchev–Trinajstić information content (AvgIpc) is 3.23. The molecule has 0 radical (unpaired) electrons. The van der Waals surface area contributed by atoms with Gasteiger partial charge in [0.2, 0.25) is 0 Å². The molecule has 1 heterocycles. The van der Waals surface area contributed by atoms with Crippen molar-refractivity contribution in [1.82, 2.24) is 0 Å². The van der Waals surface area contributed by atoms with E-state index in [0.29, 0.717) is 27.3 Å². The van der Waals surface area contributed by atoms with Crippen molar-refractivity contribution < 1.29 is 19.1 Å². The summed E-state index contributed by atoms with van der Waals surface area (Å²) in [5.74, 6) is 3.09. The summed E-state index contributed by atoms with van der Waals surface area (Å²) in [5.41, 5.74) is 2.30. The van der Waals surface area contributed by atoms with Crippen LogP contribution in [0.1, 0.15) is 34.4 Å². The smallest absolute Gasteiger partial charge is 0.265 e. The van der Waals surface area contributed by atoms with Crippen LogP contribution in [0.5, 0.6) is 11.5 Å². The van der Waals surface area contributed by atoms with Crippen molar-refractivity contribution in [3.63, 3.8) is 0 Å². The Labute approximate surface area is 173 Å². The van der Waals surface area contributed by atoms with Gasteiger partial charge in [0.1, 0.15) is 0 Å². The van der Waals surface area contributed by atoms with Crippen LogP contribution in [-0.4, -0.2) is 36.4 Å². The highest BCUT2D eigenvalue weighted by atomic mass is 32.2. The Morgan fingerprint density at radius 1 is 1.11 bits per heavy atom. The Balaban J connectivity index is 1.67. The van der Waals surface area contributed by atoms with Gasteiger partial charge in [-0.25, -0.2) is 0 Å². The molecule has 7 heteroatoms. The van der Waals surface area contributed by atoms with Crippen molar-refractivity contribution in [2.75, 3.05) is 23.9 Å². The lowest BCUT2D eigenvalue weighted by molar-refractivity contribution is -0.122. The number of thioether (sulfide) groups is 2. The standard InChI is InChI=1S/C21H23NO4S2/c1-13(23)15-5-4-6-17(11-15)22-20(24)14(2)26-18-8-7-16(12-19(18)25-3)21-27-9-10-28-21/h4-8,11-12,14,21H,9-10H2,1-3H3,(H,22,24). The van der Waals surface area contributed by atoms with Crippen molar-refractivity contribution in [2.24, 2.45) is 0 Å². The Hall–Kier alpha value is -2.12. The molecule has 0 aromatic heterocycles. The number of hydrogen-bond acceptors (Lipinski definition) is 6. The highest BCUT2D eigenvalue weighted by Crippen LogP contribution is 2.47. The van der Waals surface area contributed by atoms with Crippen LogP contribution in [0.25, 0.3) is 0 Å². The lowest BCUT2D eigenvalue weighted by Gasteiger charge is -2.18. The zero-order valence-corrected chi connectivity index (χ0v) is 17.7. The van der Waals surface area contributed by atoms with Crippen molar-refractivity contribution >= 4 is 40.9 Å². The minimum atomic E-state index is -0.726. The fourth-order valence-corrected chi connectivity index (χ4v) is 5.62. The molecule has 1 unspecified atom stereocenters. The third kappa shape index (κ3) is 5.02. The zero-order chi connectivity index (χ0) is 20.1. The van der Waals surface area contributed by atoms with Gasteiger partial charge in [0.15, 0.2) is 23.4 Å². The number of rotatable bonds is 7. The first kappa shape index (κ1) is 20.6. The first-order valence-corrected chi connectivity index (χ1v) is 11.1. The normalized spacial score (nSPS) is 15.1. The van der Waals surface area contributed by atoms with Crippen molar-refractivity contribution in [1.29, 1.82) is 0 Å². The van der Waals surface area contributed by atoms with E-state index in [1.807, 2.05) is 41.7 Å². The number of ketones is 1. The van der Waals surface area contributed by atoms with Crippen molar-refractivity contribution in [2.45, 2.75) is 24.5 Å². The highest BCUT2D eigenvalue weighted by molar-refractivity contribution is 8.19. The van der Waals surface area contributed by atoms with E-state index in [-0.39, 0.29) is 11.7 Å². The Morgan fingerprint density at radius 2 is 1.86 bits per heavy atom. The van der Waals surface area contributed by atoms with Gasteiger partial charge in [0.05, 0.1) is 11.7 Å². The number of benzene rings is 2. The summed E-state index contributed by atoms with van der Waals surface area (Å²) < 4.78 is 11.7. The second-order valence-electron chi connectivity index (χ2n) is 6.37. The van der Waals surface area contributed by atoms with E-state index in [1.165, 1.54) is 12.5 Å². The number of anilines is 1. The maximum Gasteiger partial charge on any atom is 0.265 e. The predicted octanol–water partition coefficient (Wildman–Crippen LogP) is 4.78. The third-order valence-corrected chi connectivity index (χ3v) is 7.40. The molecule has 1 N–H and O–H groups in total. The SMILES string of the molecule is COc1cc(C2SCCS2)ccc1OC(C)C(=O)Nc1cccc(C(C)=O)c1. The van der Waals surface area contributed by atoms with Crippen LogP contribution in [0.15, 0.2) is 42.5 Å². The van der Waals surface area contributed by atoms with Gasteiger partial charge in [0, 0.05) is 22.8 Å². The molecule has 1 fully saturated rings. The summed E-state index contributed by atoms with van der Waals surface area (Å²) in [7, 11) is 1.60. The monoisotopic (exact) mass is 417 g/mol. The number of hydrogen-bond donors (Lipinski definition) is 1. The van der Waals surface area contributed by atoms with E-state index in [4.69, 9.17) is 9.47 Å². The van der Waals surface area contributed by atoms with Crippen LogP contribution in [0.2, 0.25) is 0 Å². The second kappa shape index (κ2) is 9.39. The van der Waals surface area contributed by atoms with Crippen LogP contribution in [0, 0.1) is 0 Å². The van der Waals surface area contributed by atoms with Crippen LogP contribution >= 0.6 is 23.5 Å². The minimum absolute atomic E-state index is 0.0520. The molecule has 5 nitrogen and oxygen atoms in total. The number of nitrogens with one attached hydrogen (secondary N) is 1. The number of carbonyl (C=O) groups is 2. The molecule has 2 aromatic carbocycles. The van der Waals surface area contributed by atoms with Gasteiger partial charge in [-0.1, -0.05) is 18.2 Å². The number of amides is 1. The number of ether oxygens (including phenoxy) is 2. The van der Waals surface area contributed by atoms with Crippen molar-refractivity contribution in [3.8, 4) is 11.5 Å². The van der Waals surface area contributed by atoms with Crippen LogP contribution in [0.3, 0.4) is 0 Å². The van der Waals surface area contributed by atoms with E-state index in [1.54, 1.807) is 38.3 Å². The number of methoxy groups -OCH3 is 1. The Kier molecular flexibility index (Phi) is 6.91. The van der Waals surface area contributed by atoms with E-state index in [9.17, 15) is 9.59 Å². The molecule has 3 rings (SSSR count). The molecule has 0 aliphatic carbocycles. The largest absolute Gasteiger partial charge is 0.493 e. The summed E-state index contributed by atoms with van der Waals surface area (Å²) in [6.07, 6.45) is -0.726. The third-order valence-electron chi connectivity index (χ3n) is 4.29. The predicted molar refractivity (Wildman–Crippen MR) is 116 cm³/mol. The molecule has 1 saturated heterocycles. The quantitative estimate of drug-likeness (QED) is 0.654. The Bertz CT molecular complexity index is 865. The molecule has 0 saturated carbocycles. The van der Waals surface area contributed by atoms with E-state index >= 15 is 0 Å². The topological polar surface area (TPSA) is 64.6 Å². The summed E-state index contributed by atoms with van der Waals surface area (Å²) in [6.45, 7) is 3.17. The highest BCUT2D eigenvalue weighted by Gasteiger charge is 2.22. The van der Waals surface area contributed by atoms with Gasteiger partial charge in [-0.05, 0) is 43.7 Å². The van der Waals surface area contributed by atoms with Gasteiger partial charge < -0.3 is 14.8 Å². The second-order valence-corrected chi connectivity index (χ2v) is 9.09. The molecule has 148 valence electrons. The van der Waals surface area contributed by atoms with Gasteiger partial charge in [0.25, 0.3) is 5.91 Å². The van der Waals surface area contributed by atoms with Gasteiger partial charge >= 0.3 is 0 Å². The number of Topliss-reactive ketones (excluding diaryl/α,β-unsaturated/α-hetero) is 1. The molecule has 0 bridgehead atoms. The number of carbonyl (C=O) groups excluding carboxylic acids is 2. The van der Waals surface area contributed by atoms with Crippen LogP contribution < -0.4 is 14.8 Å². The molecule has 1 aliphatic heterocycles. The molecule has 1 atom stereocenters. The lowest BCUT2D eigenvalue weighted by atomic mass is 10.1. The van der Waals surface area contributed by atoms with E-state index in [0.717, 1.165) is 11.5 Å². The molecule has 28 heavy (non-hydrogen) atoms. The van der Waals surface area contributed by atoms with E-state index < -0.39 is 6.10 Å². The molecular formula is C21H23NO4S2. The summed E-state index contributed by atoms with van der Waals surface area (Å²) in [4.78, 5) is 24.0. The molecule has 2 aromatic rings. The lowest BCUT2D eigenvalue weighted by Crippen LogP contribution is -2.30. The van der Waals surface area contributed by atoms with Gasteiger partial charge in [-0.15, -0.1) is 23.5 Å². The Morgan fingerprint density at radius 3 is 2.54 bits per heavy atom.